The van der Waals surface area contributed by atoms with Crippen LogP contribution in [0.15, 0.2) is 64.1 Å². The molecule has 1 aromatic heterocycles. The third-order valence-electron chi connectivity index (χ3n) is 4.95. The molecule has 7 nitrogen and oxygen atoms in total. The highest BCUT2D eigenvalue weighted by Gasteiger charge is 2.34. The van der Waals surface area contributed by atoms with Crippen LogP contribution in [-0.2, 0) is 16.0 Å². The molecule has 0 unspecified atom stereocenters. The second kappa shape index (κ2) is 10.7. The van der Waals surface area contributed by atoms with Gasteiger partial charge in [-0.25, -0.2) is 9.37 Å². The van der Waals surface area contributed by atoms with Gasteiger partial charge in [0.25, 0.3) is 11.1 Å². The molecule has 1 aliphatic rings. The fourth-order valence-corrected chi connectivity index (χ4v) is 4.18. The Labute approximate surface area is 204 Å². The first-order valence-electron chi connectivity index (χ1n) is 10.4. The van der Waals surface area contributed by atoms with Crippen molar-refractivity contribution in [2.45, 2.75) is 12.8 Å². The molecule has 1 fully saturated rings. The van der Waals surface area contributed by atoms with Crippen molar-refractivity contribution >= 4 is 46.5 Å². The van der Waals surface area contributed by atoms with Crippen molar-refractivity contribution in [3.63, 3.8) is 0 Å². The number of nitrogens with one attached hydrogen (secondary N) is 1. The number of benzene rings is 2. The van der Waals surface area contributed by atoms with E-state index in [1.807, 2.05) is 12.1 Å². The number of carbonyl (C=O) groups excluding carboxylic acids is 3. The molecular weight excluding hydrogens is 481 g/mol. The third kappa shape index (κ3) is 5.92. The molecular formula is C24H19ClFN3O4S. The monoisotopic (exact) mass is 499 g/mol. The molecule has 0 saturated carbocycles. The normalized spacial score (nSPS) is 14.8. The Balaban J connectivity index is 1.23. The Bertz CT molecular complexity index is 1240. The molecule has 174 valence electrons. The summed E-state index contributed by atoms with van der Waals surface area (Å²) in [6, 6.07) is 12.7. The van der Waals surface area contributed by atoms with E-state index >= 15 is 0 Å². The SMILES string of the molecule is O=C(CCc1ncc(-c2ccc(Cl)cc2)o1)NCCN1C(=O)S/C(=C\c2ccc(F)cc2)C1=O. The highest BCUT2D eigenvalue weighted by Crippen LogP contribution is 2.32. The zero-order valence-electron chi connectivity index (χ0n) is 17.8. The van der Waals surface area contributed by atoms with Crippen molar-refractivity contribution in [3.05, 3.63) is 81.9 Å². The summed E-state index contributed by atoms with van der Waals surface area (Å²) in [5, 5.41) is 2.90. The minimum absolute atomic E-state index is 0.0525. The quantitative estimate of drug-likeness (QED) is 0.442. The lowest BCUT2D eigenvalue weighted by Crippen LogP contribution is -2.37. The van der Waals surface area contributed by atoms with Crippen LogP contribution >= 0.6 is 23.4 Å². The largest absolute Gasteiger partial charge is 0.441 e. The molecule has 0 atom stereocenters. The molecule has 1 aliphatic heterocycles. The predicted molar refractivity (Wildman–Crippen MR) is 127 cm³/mol. The van der Waals surface area contributed by atoms with E-state index in [-0.39, 0.29) is 36.1 Å². The van der Waals surface area contributed by atoms with Gasteiger partial charge in [-0.05, 0) is 59.8 Å². The average Bonchev–Trinajstić information content (AvgIpc) is 3.40. The lowest BCUT2D eigenvalue weighted by Gasteiger charge is -2.12. The van der Waals surface area contributed by atoms with E-state index in [1.165, 1.54) is 30.3 Å². The molecule has 0 bridgehead atoms. The smallest absolute Gasteiger partial charge is 0.293 e. The molecule has 3 aromatic rings. The summed E-state index contributed by atoms with van der Waals surface area (Å²) in [6.45, 7) is 0.180. The van der Waals surface area contributed by atoms with E-state index in [1.54, 1.807) is 18.3 Å². The molecule has 4 rings (SSSR count). The molecule has 0 radical (unpaired) electrons. The van der Waals surface area contributed by atoms with Gasteiger partial charge in [-0.15, -0.1) is 0 Å². The van der Waals surface area contributed by atoms with Crippen molar-refractivity contribution in [2.75, 3.05) is 13.1 Å². The highest BCUT2D eigenvalue weighted by molar-refractivity contribution is 8.18. The summed E-state index contributed by atoms with van der Waals surface area (Å²) >= 11 is 6.70. The van der Waals surface area contributed by atoms with Gasteiger partial charge in [-0.3, -0.25) is 19.3 Å². The summed E-state index contributed by atoms with van der Waals surface area (Å²) in [6.07, 6.45) is 3.59. The van der Waals surface area contributed by atoms with Gasteiger partial charge >= 0.3 is 0 Å². The Morgan fingerprint density at radius 3 is 2.62 bits per heavy atom. The summed E-state index contributed by atoms with van der Waals surface area (Å²) in [7, 11) is 0. The molecule has 1 N–H and O–H groups in total. The number of oxazole rings is 1. The number of carbonyl (C=O) groups is 3. The van der Waals surface area contributed by atoms with Crippen molar-refractivity contribution in [1.82, 2.24) is 15.2 Å². The lowest BCUT2D eigenvalue weighted by atomic mass is 10.2. The molecule has 10 heteroatoms. The van der Waals surface area contributed by atoms with Crippen LogP contribution in [0.25, 0.3) is 17.4 Å². The number of thioether (sulfide) groups is 1. The first-order valence-corrected chi connectivity index (χ1v) is 11.6. The first kappa shape index (κ1) is 23.7. The van der Waals surface area contributed by atoms with Crippen LogP contribution < -0.4 is 5.32 Å². The number of nitrogens with zero attached hydrogens (tertiary/aromatic N) is 2. The van der Waals surface area contributed by atoms with Crippen LogP contribution in [-0.4, -0.2) is 40.0 Å². The standard InChI is InChI=1S/C24H19ClFN3O4S/c25-17-5-3-16(4-6-17)19-14-28-22(33-19)10-9-21(30)27-11-12-29-23(31)20(34-24(29)32)13-15-1-7-18(26)8-2-15/h1-8,13-14H,9-12H2,(H,27,30)/b20-13-. The number of aromatic nitrogens is 1. The Morgan fingerprint density at radius 2 is 1.88 bits per heavy atom. The summed E-state index contributed by atoms with van der Waals surface area (Å²) in [5.74, 6) is -0.0638. The minimum Gasteiger partial charge on any atom is -0.441 e. The van der Waals surface area contributed by atoms with Crippen molar-refractivity contribution in [2.24, 2.45) is 0 Å². The Hall–Kier alpha value is -3.43. The number of halogens is 2. The van der Waals surface area contributed by atoms with E-state index < -0.39 is 11.1 Å². The van der Waals surface area contributed by atoms with Gasteiger partial charge in [0.1, 0.15) is 5.82 Å². The first-order chi connectivity index (χ1) is 16.4. The molecule has 2 aromatic carbocycles. The second-order valence-corrected chi connectivity index (χ2v) is 8.79. The zero-order chi connectivity index (χ0) is 24.1. The number of rotatable bonds is 8. The van der Waals surface area contributed by atoms with Gasteiger partial charge in [0.15, 0.2) is 11.7 Å². The van der Waals surface area contributed by atoms with Crippen molar-refractivity contribution < 1.29 is 23.2 Å². The average molecular weight is 500 g/mol. The van der Waals surface area contributed by atoms with Gasteiger partial charge < -0.3 is 9.73 Å². The van der Waals surface area contributed by atoms with Crippen molar-refractivity contribution in [3.8, 4) is 11.3 Å². The number of hydrogen-bond donors (Lipinski definition) is 1. The van der Waals surface area contributed by atoms with Crippen LogP contribution in [0.3, 0.4) is 0 Å². The third-order valence-corrected chi connectivity index (χ3v) is 6.11. The van der Waals surface area contributed by atoms with E-state index in [0.29, 0.717) is 28.7 Å². The van der Waals surface area contributed by atoms with Crippen LogP contribution in [0.5, 0.6) is 0 Å². The Kier molecular flexibility index (Phi) is 7.44. The summed E-state index contributed by atoms with van der Waals surface area (Å²) in [5.41, 5.74) is 1.45. The lowest BCUT2D eigenvalue weighted by molar-refractivity contribution is -0.124. The van der Waals surface area contributed by atoms with Crippen LogP contribution in [0.4, 0.5) is 9.18 Å². The molecule has 0 aliphatic carbocycles. The molecule has 1 saturated heterocycles. The molecule has 34 heavy (non-hydrogen) atoms. The fraction of sp³-hybridized carbons (Fsp3) is 0.167. The van der Waals surface area contributed by atoms with Gasteiger partial charge in [-0.2, -0.15) is 0 Å². The summed E-state index contributed by atoms with van der Waals surface area (Å²) in [4.78, 5) is 42.4. The van der Waals surface area contributed by atoms with Crippen LogP contribution in [0, 0.1) is 5.82 Å². The second-order valence-electron chi connectivity index (χ2n) is 7.36. The topological polar surface area (TPSA) is 92.5 Å². The summed E-state index contributed by atoms with van der Waals surface area (Å²) < 4.78 is 18.7. The zero-order valence-corrected chi connectivity index (χ0v) is 19.4. The number of aryl methyl sites for hydroxylation is 1. The molecule has 0 spiro atoms. The van der Waals surface area contributed by atoms with E-state index in [9.17, 15) is 18.8 Å². The maximum absolute atomic E-state index is 13.0. The van der Waals surface area contributed by atoms with E-state index in [2.05, 4.69) is 10.3 Å². The minimum atomic E-state index is -0.442. The van der Waals surface area contributed by atoms with E-state index in [4.69, 9.17) is 16.0 Å². The molecule has 3 amide bonds. The predicted octanol–water partition coefficient (Wildman–Crippen LogP) is 4.92. The maximum Gasteiger partial charge on any atom is 0.293 e. The number of amides is 3. The van der Waals surface area contributed by atoms with Gasteiger partial charge in [0.2, 0.25) is 5.91 Å². The number of imide groups is 1. The fourth-order valence-electron chi connectivity index (χ4n) is 3.19. The highest BCUT2D eigenvalue weighted by atomic mass is 35.5. The van der Waals surface area contributed by atoms with Gasteiger partial charge in [-0.1, -0.05) is 23.7 Å². The Morgan fingerprint density at radius 1 is 1.15 bits per heavy atom. The number of hydrogen-bond acceptors (Lipinski definition) is 6. The van der Waals surface area contributed by atoms with Gasteiger partial charge in [0, 0.05) is 36.5 Å². The van der Waals surface area contributed by atoms with Gasteiger partial charge in [0.05, 0.1) is 11.1 Å². The van der Waals surface area contributed by atoms with Crippen molar-refractivity contribution in [1.29, 1.82) is 0 Å². The molecule has 2 heterocycles. The van der Waals surface area contributed by atoms with E-state index in [0.717, 1.165) is 22.2 Å². The van der Waals surface area contributed by atoms with Crippen LogP contribution in [0.2, 0.25) is 5.02 Å². The van der Waals surface area contributed by atoms with Crippen LogP contribution in [0.1, 0.15) is 17.9 Å². The maximum atomic E-state index is 13.0.